The Bertz CT molecular complexity index is 1240. The van der Waals surface area contributed by atoms with Crippen molar-refractivity contribution in [3.05, 3.63) is 53.4 Å². The van der Waals surface area contributed by atoms with Crippen molar-refractivity contribution < 1.29 is 5.11 Å². The molecule has 0 amide bonds. The average molecular weight is 423 g/mol. The summed E-state index contributed by atoms with van der Waals surface area (Å²) < 4.78 is 2.13. The maximum absolute atomic E-state index is 10.7. The predicted molar refractivity (Wildman–Crippen MR) is 119 cm³/mol. The van der Waals surface area contributed by atoms with Crippen LogP contribution in [0.1, 0.15) is 30.9 Å². The lowest BCUT2D eigenvalue weighted by molar-refractivity contribution is 0.127. The Hall–Kier alpha value is -2.90. The van der Waals surface area contributed by atoms with Crippen LogP contribution in [-0.4, -0.2) is 30.7 Å². The molecule has 154 valence electrons. The molecule has 7 nitrogen and oxygen atoms in total. The summed E-state index contributed by atoms with van der Waals surface area (Å²) in [6.07, 6.45) is 6.55. The maximum Gasteiger partial charge on any atom is 0.145 e. The van der Waals surface area contributed by atoms with E-state index in [0.717, 1.165) is 41.2 Å². The smallest absolute Gasteiger partial charge is 0.145 e. The lowest BCUT2D eigenvalue weighted by Crippen LogP contribution is -2.13. The fraction of sp³-hybridized carbons (Fsp3) is 0.318. The standard InChI is InChI=1S/C22H23ClN6O/c23-17-9-13-3-1-12(7-18(13)28-21(17)25)2-4-14-8-15(10-19(14)30)29-6-5-16-20(24)26-11-27-22(16)29/h1,3,5-7,9,11,14-15,19,30H,2,4,8,10H2,(H2,25,28)(H2,24,26,27)/t14?,15?,19-/m0/s1. The van der Waals surface area contributed by atoms with Gasteiger partial charge in [0.05, 0.1) is 22.0 Å². The molecule has 30 heavy (non-hydrogen) atoms. The minimum Gasteiger partial charge on any atom is -0.393 e. The molecule has 0 aliphatic heterocycles. The van der Waals surface area contributed by atoms with Gasteiger partial charge in [0.15, 0.2) is 0 Å². The molecule has 0 bridgehead atoms. The molecular weight excluding hydrogens is 400 g/mol. The monoisotopic (exact) mass is 422 g/mol. The summed E-state index contributed by atoms with van der Waals surface area (Å²) in [6.45, 7) is 0. The predicted octanol–water partition coefficient (Wildman–Crippen LogP) is 3.74. The van der Waals surface area contributed by atoms with Gasteiger partial charge in [-0.15, -0.1) is 0 Å². The number of pyridine rings is 1. The van der Waals surface area contributed by atoms with E-state index < -0.39 is 0 Å². The van der Waals surface area contributed by atoms with Crippen molar-refractivity contribution in [2.24, 2.45) is 5.92 Å². The van der Waals surface area contributed by atoms with Gasteiger partial charge in [-0.3, -0.25) is 0 Å². The number of aromatic nitrogens is 4. The SMILES string of the molecule is Nc1nc2cc(CCC3CC(n4ccc5c(N)ncnc54)C[C@@H]3O)ccc2cc1Cl. The summed E-state index contributed by atoms with van der Waals surface area (Å²) in [7, 11) is 0. The number of benzene rings is 1. The molecule has 3 heterocycles. The second-order valence-corrected chi connectivity index (χ2v) is 8.50. The summed E-state index contributed by atoms with van der Waals surface area (Å²) in [6, 6.07) is 10.2. The number of nitrogens with two attached hydrogens (primary N) is 2. The van der Waals surface area contributed by atoms with Crippen molar-refractivity contribution in [3.8, 4) is 0 Å². The Morgan fingerprint density at radius 2 is 1.97 bits per heavy atom. The van der Waals surface area contributed by atoms with Gasteiger partial charge in [-0.25, -0.2) is 15.0 Å². The highest BCUT2D eigenvalue weighted by molar-refractivity contribution is 6.33. The number of nitrogen functional groups attached to an aromatic ring is 2. The highest BCUT2D eigenvalue weighted by atomic mass is 35.5. The van der Waals surface area contributed by atoms with E-state index in [1.165, 1.54) is 11.9 Å². The third-order valence-electron chi connectivity index (χ3n) is 6.23. The van der Waals surface area contributed by atoms with Gasteiger partial charge in [0.2, 0.25) is 0 Å². The van der Waals surface area contributed by atoms with Crippen molar-refractivity contribution >= 4 is 45.2 Å². The highest BCUT2D eigenvalue weighted by Gasteiger charge is 2.34. The first-order valence-corrected chi connectivity index (χ1v) is 10.5. The van der Waals surface area contributed by atoms with E-state index in [2.05, 4.69) is 31.7 Å². The van der Waals surface area contributed by atoms with E-state index in [-0.39, 0.29) is 18.1 Å². The highest BCUT2D eigenvalue weighted by Crippen LogP contribution is 2.39. The first-order valence-electron chi connectivity index (χ1n) is 10.1. The quantitative estimate of drug-likeness (QED) is 0.461. The van der Waals surface area contributed by atoms with Crippen molar-refractivity contribution in [2.75, 3.05) is 11.5 Å². The van der Waals surface area contributed by atoms with Crippen molar-refractivity contribution in [1.29, 1.82) is 0 Å². The van der Waals surface area contributed by atoms with Gasteiger partial charge in [0, 0.05) is 17.6 Å². The number of hydrogen-bond donors (Lipinski definition) is 3. The Morgan fingerprint density at radius 1 is 1.10 bits per heavy atom. The molecule has 1 fully saturated rings. The Morgan fingerprint density at radius 3 is 2.83 bits per heavy atom. The zero-order valence-corrected chi connectivity index (χ0v) is 17.1. The fourth-order valence-corrected chi connectivity index (χ4v) is 4.77. The molecule has 5 N–H and O–H groups in total. The summed E-state index contributed by atoms with van der Waals surface area (Å²) in [5, 5.41) is 13.0. The normalized spacial score (nSPS) is 21.6. The largest absolute Gasteiger partial charge is 0.393 e. The first-order chi connectivity index (χ1) is 14.5. The Labute approximate surface area is 178 Å². The number of halogens is 1. The van der Waals surface area contributed by atoms with Crippen LogP contribution in [0.15, 0.2) is 42.9 Å². The fourth-order valence-electron chi connectivity index (χ4n) is 4.61. The summed E-state index contributed by atoms with van der Waals surface area (Å²) in [4.78, 5) is 12.8. The van der Waals surface area contributed by atoms with Crippen LogP contribution in [0.4, 0.5) is 11.6 Å². The van der Waals surface area contributed by atoms with Gasteiger partial charge in [0.25, 0.3) is 0 Å². The van der Waals surface area contributed by atoms with Crippen LogP contribution in [0, 0.1) is 5.92 Å². The Balaban J connectivity index is 1.31. The molecular formula is C22H23ClN6O. The first kappa shape index (κ1) is 19.1. The van der Waals surface area contributed by atoms with Crippen molar-refractivity contribution in [2.45, 2.75) is 37.8 Å². The third kappa shape index (κ3) is 3.34. The Kier molecular flexibility index (Phi) is 4.72. The molecule has 0 spiro atoms. The minimum atomic E-state index is -0.334. The molecule has 2 unspecified atom stereocenters. The van der Waals surface area contributed by atoms with Gasteiger partial charge < -0.3 is 21.1 Å². The van der Waals surface area contributed by atoms with E-state index in [9.17, 15) is 5.11 Å². The lowest BCUT2D eigenvalue weighted by atomic mass is 9.96. The number of hydrogen-bond acceptors (Lipinski definition) is 6. The van der Waals surface area contributed by atoms with Gasteiger partial charge >= 0.3 is 0 Å². The summed E-state index contributed by atoms with van der Waals surface area (Å²) in [5.74, 6) is 1.06. The van der Waals surface area contributed by atoms with Crippen molar-refractivity contribution in [3.63, 3.8) is 0 Å². The van der Waals surface area contributed by atoms with Gasteiger partial charge in [0.1, 0.15) is 23.6 Å². The minimum absolute atomic E-state index is 0.206. The van der Waals surface area contributed by atoms with Crippen LogP contribution in [0.3, 0.4) is 0 Å². The number of aliphatic hydroxyl groups excluding tert-OH is 1. The summed E-state index contributed by atoms with van der Waals surface area (Å²) in [5.41, 5.74) is 14.7. The molecule has 1 aliphatic rings. The molecule has 1 saturated carbocycles. The number of aliphatic hydroxyl groups is 1. The maximum atomic E-state index is 10.7. The van der Waals surface area contributed by atoms with Crippen LogP contribution >= 0.6 is 11.6 Å². The van der Waals surface area contributed by atoms with E-state index in [4.69, 9.17) is 23.1 Å². The number of aryl methyl sites for hydroxylation is 1. The number of anilines is 2. The van der Waals surface area contributed by atoms with Crippen molar-refractivity contribution in [1.82, 2.24) is 19.5 Å². The molecule has 5 rings (SSSR count). The molecule has 1 aliphatic carbocycles. The number of rotatable bonds is 4. The van der Waals surface area contributed by atoms with E-state index in [1.54, 1.807) is 0 Å². The molecule has 1 aromatic carbocycles. The van der Waals surface area contributed by atoms with Crippen LogP contribution < -0.4 is 11.5 Å². The van der Waals surface area contributed by atoms with Gasteiger partial charge in [-0.2, -0.15) is 0 Å². The van der Waals surface area contributed by atoms with E-state index >= 15 is 0 Å². The number of fused-ring (bicyclic) bond motifs is 2. The lowest BCUT2D eigenvalue weighted by Gasteiger charge is -2.15. The summed E-state index contributed by atoms with van der Waals surface area (Å²) >= 11 is 6.06. The van der Waals surface area contributed by atoms with E-state index in [0.29, 0.717) is 23.1 Å². The van der Waals surface area contributed by atoms with Crippen LogP contribution in [0.2, 0.25) is 5.02 Å². The third-order valence-corrected chi connectivity index (χ3v) is 6.54. The second kappa shape index (κ2) is 7.41. The molecule has 0 radical (unpaired) electrons. The van der Waals surface area contributed by atoms with Crippen LogP contribution in [0.25, 0.3) is 21.9 Å². The van der Waals surface area contributed by atoms with Crippen LogP contribution in [-0.2, 0) is 6.42 Å². The average Bonchev–Trinajstić information content (AvgIpc) is 3.31. The molecule has 3 atom stereocenters. The topological polar surface area (TPSA) is 116 Å². The van der Waals surface area contributed by atoms with Gasteiger partial charge in [-0.05, 0) is 55.4 Å². The second-order valence-electron chi connectivity index (χ2n) is 8.09. The molecule has 3 aromatic heterocycles. The van der Waals surface area contributed by atoms with Crippen LogP contribution in [0.5, 0.6) is 0 Å². The zero-order chi connectivity index (χ0) is 20.8. The van der Waals surface area contributed by atoms with E-state index in [1.807, 2.05) is 24.4 Å². The van der Waals surface area contributed by atoms with Gasteiger partial charge in [-0.1, -0.05) is 23.7 Å². The molecule has 8 heteroatoms. The molecule has 4 aromatic rings. The zero-order valence-electron chi connectivity index (χ0n) is 16.4. The number of nitrogens with zero attached hydrogens (tertiary/aromatic N) is 4. The molecule has 0 saturated heterocycles.